The van der Waals surface area contributed by atoms with Crippen molar-refractivity contribution in [3.63, 3.8) is 0 Å². The SMILES string of the molecule is CC1CCC(NC(=O)CN2CCN(C(=O)C3(N)CCCCC3)CC2)CC1.Cl.Cl. The Morgan fingerprint density at radius 3 is 2.11 bits per heavy atom. The van der Waals surface area contributed by atoms with E-state index in [0.29, 0.717) is 25.7 Å². The lowest BCUT2D eigenvalue weighted by Crippen LogP contribution is -2.60. The monoisotopic (exact) mass is 436 g/mol. The number of rotatable bonds is 4. The molecule has 1 aliphatic heterocycles. The number of carbonyl (C=O) groups excluding carboxylic acids is 2. The molecule has 0 aromatic carbocycles. The fourth-order valence-electron chi connectivity index (χ4n) is 4.70. The van der Waals surface area contributed by atoms with Crippen LogP contribution in [0.15, 0.2) is 0 Å². The van der Waals surface area contributed by atoms with Gasteiger partial charge in [0.1, 0.15) is 0 Å². The number of nitrogens with two attached hydrogens (primary N) is 1. The first-order valence-electron chi connectivity index (χ1n) is 10.6. The summed E-state index contributed by atoms with van der Waals surface area (Å²) in [4.78, 5) is 29.2. The standard InChI is InChI=1S/C20H36N4O2.2ClH/c1-16-5-7-17(8-6-16)22-18(25)15-23-11-13-24(14-12-23)19(26)20(21)9-3-2-4-10-20;;/h16-17H,2-15,21H2,1H3,(H,22,25);2*1H. The van der Waals surface area contributed by atoms with E-state index < -0.39 is 5.54 Å². The van der Waals surface area contributed by atoms with Crippen LogP contribution < -0.4 is 11.1 Å². The van der Waals surface area contributed by atoms with Crippen LogP contribution >= 0.6 is 24.8 Å². The van der Waals surface area contributed by atoms with Crippen LogP contribution in [0.2, 0.25) is 0 Å². The molecule has 0 aromatic heterocycles. The van der Waals surface area contributed by atoms with E-state index in [2.05, 4.69) is 17.1 Å². The average molecular weight is 437 g/mol. The van der Waals surface area contributed by atoms with Gasteiger partial charge in [0, 0.05) is 32.2 Å². The van der Waals surface area contributed by atoms with Gasteiger partial charge in [0.05, 0.1) is 12.1 Å². The van der Waals surface area contributed by atoms with Crippen molar-refractivity contribution >= 4 is 36.6 Å². The molecule has 6 nitrogen and oxygen atoms in total. The highest BCUT2D eigenvalue weighted by Gasteiger charge is 2.39. The van der Waals surface area contributed by atoms with Crippen molar-refractivity contribution in [1.29, 1.82) is 0 Å². The van der Waals surface area contributed by atoms with Crippen molar-refractivity contribution < 1.29 is 9.59 Å². The Morgan fingerprint density at radius 2 is 1.54 bits per heavy atom. The van der Waals surface area contributed by atoms with Gasteiger partial charge >= 0.3 is 0 Å². The molecule has 3 N–H and O–H groups in total. The molecule has 0 bridgehead atoms. The minimum Gasteiger partial charge on any atom is -0.352 e. The van der Waals surface area contributed by atoms with Gasteiger partial charge in [-0.3, -0.25) is 14.5 Å². The maximum absolute atomic E-state index is 12.8. The molecular weight excluding hydrogens is 399 g/mol. The lowest BCUT2D eigenvalue weighted by atomic mass is 9.81. The van der Waals surface area contributed by atoms with E-state index in [1.165, 1.54) is 19.3 Å². The van der Waals surface area contributed by atoms with Gasteiger partial charge in [0.15, 0.2) is 0 Å². The topological polar surface area (TPSA) is 78.7 Å². The Bertz CT molecular complexity index is 498. The zero-order valence-corrected chi connectivity index (χ0v) is 18.8. The summed E-state index contributed by atoms with van der Waals surface area (Å²) in [7, 11) is 0. The second kappa shape index (κ2) is 11.6. The van der Waals surface area contributed by atoms with Crippen LogP contribution in [0.5, 0.6) is 0 Å². The fourth-order valence-corrected chi connectivity index (χ4v) is 4.70. The van der Waals surface area contributed by atoms with Crippen molar-refractivity contribution in [3.8, 4) is 0 Å². The Kier molecular flexibility index (Phi) is 10.5. The van der Waals surface area contributed by atoms with E-state index in [-0.39, 0.29) is 36.6 Å². The molecule has 2 saturated carbocycles. The van der Waals surface area contributed by atoms with E-state index in [4.69, 9.17) is 5.73 Å². The molecule has 1 saturated heterocycles. The lowest BCUT2D eigenvalue weighted by Gasteiger charge is -2.41. The highest BCUT2D eigenvalue weighted by Crippen LogP contribution is 2.28. The molecule has 2 amide bonds. The van der Waals surface area contributed by atoms with Crippen LogP contribution in [0.1, 0.15) is 64.7 Å². The fraction of sp³-hybridized carbons (Fsp3) is 0.900. The van der Waals surface area contributed by atoms with Crippen LogP contribution in [-0.2, 0) is 9.59 Å². The highest BCUT2D eigenvalue weighted by atomic mass is 35.5. The highest BCUT2D eigenvalue weighted by molar-refractivity contribution is 5.86. The minimum atomic E-state index is -0.643. The largest absolute Gasteiger partial charge is 0.352 e. The van der Waals surface area contributed by atoms with Gasteiger partial charge < -0.3 is 16.0 Å². The van der Waals surface area contributed by atoms with Crippen LogP contribution in [0.4, 0.5) is 0 Å². The molecule has 28 heavy (non-hydrogen) atoms. The van der Waals surface area contributed by atoms with Gasteiger partial charge in [0.25, 0.3) is 0 Å². The molecule has 0 radical (unpaired) electrons. The molecule has 1 heterocycles. The quantitative estimate of drug-likeness (QED) is 0.708. The van der Waals surface area contributed by atoms with E-state index in [1.54, 1.807) is 0 Å². The van der Waals surface area contributed by atoms with Gasteiger partial charge in [0.2, 0.25) is 11.8 Å². The second-order valence-electron chi connectivity index (χ2n) is 8.81. The van der Waals surface area contributed by atoms with Gasteiger partial charge in [-0.15, -0.1) is 24.8 Å². The summed E-state index contributed by atoms with van der Waals surface area (Å²) in [6, 6.07) is 0.352. The summed E-state index contributed by atoms with van der Waals surface area (Å²) in [5.74, 6) is 1.05. The maximum atomic E-state index is 12.8. The maximum Gasteiger partial charge on any atom is 0.242 e. The predicted octanol–water partition coefficient (Wildman–Crippen LogP) is 2.33. The first kappa shape index (κ1) is 25.5. The van der Waals surface area contributed by atoms with Gasteiger partial charge in [-0.1, -0.05) is 26.2 Å². The van der Waals surface area contributed by atoms with E-state index >= 15 is 0 Å². The average Bonchev–Trinajstić information content (AvgIpc) is 2.64. The third-order valence-corrected chi connectivity index (χ3v) is 6.58. The molecule has 8 heteroatoms. The van der Waals surface area contributed by atoms with Crippen LogP contribution in [0.3, 0.4) is 0 Å². The van der Waals surface area contributed by atoms with E-state index in [1.807, 2.05) is 4.90 Å². The summed E-state index contributed by atoms with van der Waals surface area (Å²) in [5, 5.41) is 3.20. The molecule has 0 aromatic rings. The zero-order valence-electron chi connectivity index (χ0n) is 17.2. The molecule has 2 aliphatic carbocycles. The Morgan fingerprint density at radius 1 is 0.964 bits per heavy atom. The molecule has 3 aliphatic rings. The number of hydrogen-bond acceptors (Lipinski definition) is 4. The predicted molar refractivity (Wildman–Crippen MR) is 117 cm³/mol. The Labute approximate surface area is 182 Å². The molecule has 0 spiro atoms. The molecule has 3 fully saturated rings. The molecule has 164 valence electrons. The second-order valence-corrected chi connectivity index (χ2v) is 8.81. The Balaban J connectivity index is 0.00000196. The molecule has 3 rings (SSSR count). The van der Waals surface area contributed by atoms with Crippen molar-refractivity contribution in [2.45, 2.75) is 76.3 Å². The number of amides is 2. The first-order chi connectivity index (χ1) is 12.5. The number of halogens is 2. The minimum absolute atomic E-state index is 0. The number of carbonyl (C=O) groups is 2. The third-order valence-electron chi connectivity index (χ3n) is 6.58. The number of hydrogen-bond donors (Lipinski definition) is 2. The summed E-state index contributed by atoms with van der Waals surface area (Å²) < 4.78 is 0. The van der Waals surface area contributed by atoms with E-state index in [0.717, 1.165) is 57.5 Å². The Hall–Kier alpha value is -0.560. The normalized spacial score (nSPS) is 27.9. The number of piperazine rings is 1. The molecule has 0 unspecified atom stereocenters. The van der Waals surface area contributed by atoms with Crippen molar-refractivity contribution in [3.05, 3.63) is 0 Å². The summed E-state index contributed by atoms with van der Waals surface area (Å²) in [6.45, 7) is 5.63. The van der Waals surface area contributed by atoms with E-state index in [9.17, 15) is 9.59 Å². The number of nitrogens with one attached hydrogen (secondary N) is 1. The summed E-state index contributed by atoms with van der Waals surface area (Å²) >= 11 is 0. The summed E-state index contributed by atoms with van der Waals surface area (Å²) in [5.41, 5.74) is 5.75. The van der Waals surface area contributed by atoms with Crippen LogP contribution in [0, 0.1) is 5.92 Å². The molecule has 0 atom stereocenters. The van der Waals surface area contributed by atoms with Crippen LogP contribution in [0.25, 0.3) is 0 Å². The molecular formula is C20H38Cl2N4O2. The van der Waals surface area contributed by atoms with Crippen molar-refractivity contribution in [2.24, 2.45) is 11.7 Å². The van der Waals surface area contributed by atoms with Gasteiger partial charge in [-0.2, -0.15) is 0 Å². The van der Waals surface area contributed by atoms with Crippen LogP contribution in [-0.4, -0.2) is 65.9 Å². The smallest absolute Gasteiger partial charge is 0.242 e. The first-order valence-corrected chi connectivity index (χ1v) is 10.6. The van der Waals surface area contributed by atoms with Gasteiger partial charge in [-0.05, 0) is 44.4 Å². The zero-order chi connectivity index (χ0) is 18.6. The lowest BCUT2D eigenvalue weighted by molar-refractivity contribution is -0.140. The van der Waals surface area contributed by atoms with Gasteiger partial charge in [-0.25, -0.2) is 0 Å². The van der Waals surface area contributed by atoms with Crippen molar-refractivity contribution in [2.75, 3.05) is 32.7 Å². The number of nitrogens with zero attached hydrogens (tertiary/aromatic N) is 2. The van der Waals surface area contributed by atoms with Crippen molar-refractivity contribution in [1.82, 2.24) is 15.1 Å². The summed E-state index contributed by atoms with van der Waals surface area (Å²) in [6.07, 6.45) is 9.57. The third kappa shape index (κ3) is 6.75.